The highest BCUT2D eigenvalue weighted by atomic mass is 32.2. The smallest absolute Gasteiger partial charge is 0.276 e. The van der Waals surface area contributed by atoms with Crippen LogP contribution in [-0.4, -0.2) is 15.2 Å². The van der Waals surface area contributed by atoms with Gasteiger partial charge in [0.1, 0.15) is 0 Å². The molecule has 2 aromatic heterocycles. The Hall–Kier alpha value is -2.64. The Labute approximate surface area is 172 Å². The molecule has 142 valence electrons. The van der Waals surface area contributed by atoms with Gasteiger partial charge >= 0.3 is 0 Å². The van der Waals surface area contributed by atoms with E-state index in [1.165, 1.54) is 16.7 Å². The van der Waals surface area contributed by atoms with Crippen molar-refractivity contribution in [2.45, 2.75) is 31.2 Å². The minimum absolute atomic E-state index is 0.532. The highest BCUT2D eigenvalue weighted by molar-refractivity contribution is 7.98. The average Bonchev–Trinajstić information content (AvgIpc) is 3.33. The third kappa shape index (κ3) is 4.79. The molecule has 4 aromatic rings. The predicted molar refractivity (Wildman–Crippen MR) is 114 cm³/mol. The number of nitrogens with one attached hydrogen (secondary N) is 1. The summed E-state index contributed by atoms with van der Waals surface area (Å²) in [5, 5.41) is 15.1. The van der Waals surface area contributed by atoms with Crippen LogP contribution in [0.25, 0.3) is 0 Å². The lowest BCUT2D eigenvalue weighted by Crippen LogP contribution is -1.92. The van der Waals surface area contributed by atoms with Crippen LogP contribution in [0.2, 0.25) is 0 Å². The normalized spacial score (nSPS) is 10.9. The fourth-order valence-corrected chi connectivity index (χ4v) is 4.28. The van der Waals surface area contributed by atoms with Gasteiger partial charge < -0.3 is 9.73 Å². The minimum atomic E-state index is 0.532. The summed E-state index contributed by atoms with van der Waals surface area (Å²) in [5.41, 5.74) is 5.76. The van der Waals surface area contributed by atoms with Crippen LogP contribution < -0.4 is 5.32 Å². The molecule has 0 saturated carbocycles. The molecule has 0 radical (unpaired) electrons. The number of hydrogen-bond donors (Lipinski definition) is 1. The standard InChI is InChI=1S/C21H20N4OS2/c1-14-8-9-15(2)16(10-14)12-28-21-25-24-19(26-21)11-18-13-27-20(23-18)22-17-6-4-3-5-7-17/h3-10,13H,11-12H2,1-2H3,(H,22,23). The van der Waals surface area contributed by atoms with Gasteiger partial charge in [-0.05, 0) is 37.1 Å². The first-order valence-electron chi connectivity index (χ1n) is 8.93. The number of anilines is 2. The van der Waals surface area contributed by atoms with Crippen molar-refractivity contribution in [2.75, 3.05) is 5.32 Å². The molecule has 0 aliphatic rings. The first-order chi connectivity index (χ1) is 13.7. The zero-order valence-corrected chi connectivity index (χ0v) is 17.3. The first kappa shape index (κ1) is 18.7. The van der Waals surface area contributed by atoms with Gasteiger partial charge in [0.05, 0.1) is 12.1 Å². The average molecular weight is 409 g/mol. The fourth-order valence-electron chi connectivity index (χ4n) is 2.71. The number of para-hydroxylation sites is 1. The molecule has 0 fully saturated rings. The van der Waals surface area contributed by atoms with Crippen LogP contribution >= 0.6 is 23.1 Å². The SMILES string of the molecule is Cc1ccc(C)c(CSc2nnc(Cc3csc(Nc4ccccc4)n3)o2)c1. The summed E-state index contributed by atoms with van der Waals surface area (Å²) >= 11 is 3.13. The van der Waals surface area contributed by atoms with Crippen LogP contribution in [0.4, 0.5) is 10.8 Å². The quantitative estimate of drug-likeness (QED) is 0.392. The number of rotatable bonds is 7. The van der Waals surface area contributed by atoms with E-state index in [1.54, 1.807) is 23.1 Å². The van der Waals surface area contributed by atoms with Crippen LogP contribution in [-0.2, 0) is 12.2 Å². The molecule has 2 aromatic carbocycles. The van der Waals surface area contributed by atoms with E-state index in [0.717, 1.165) is 22.3 Å². The van der Waals surface area contributed by atoms with Gasteiger partial charge in [-0.25, -0.2) is 4.98 Å². The number of aromatic nitrogens is 3. The molecule has 0 aliphatic heterocycles. The maximum Gasteiger partial charge on any atom is 0.276 e. The first-order valence-corrected chi connectivity index (χ1v) is 10.8. The number of aryl methyl sites for hydroxylation is 2. The molecular weight excluding hydrogens is 388 g/mol. The zero-order chi connectivity index (χ0) is 19.3. The van der Waals surface area contributed by atoms with Gasteiger partial charge in [-0.15, -0.1) is 21.5 Å². The lowest BCUT2D eigenvalue weighted by molar-refractivity contribution is 0.419. The van der Waals surface area contributed by atoms with Gasteiger partial charge in [0.15, 0.2) is 5.13 Å². The van der Waals surface area contributed by atoms with E-state index in [-0.39, 0.29) is 0 Å². The van der Waals surface area contributed by atoms with Crippen molar-refractivity contribution in [1.82, 2.24) is 15.2 Å². The molecule has 4 rings (SSSR count). The van der Waals surface area contributed by atoms with Crippen molar-refractivity contribution in [3.63, 3.8) is 0 Å². The summed E-state index contributed by atoms with van der Waals surface area (Å²) in [6.45, 7) is 4.23. The Kier molecular flexibility index (Phi) is 5.73. The number of nitrogens with zero attached hydrogens (tertiary/aromatic N) is 3. The van der Waals surface area contributed by atoms with Crippen LogP contribution in [0.1, 0.15) is 28.3 Å². The van der Waals surface area contributed by atoms with Crippen LogP contribution in [0, 0.1) is 13.8 Å². The molecule has 0 amide bonds. The third-order valence-corrected chi connectivity index (χ3v) is 5.89. The lowest BCUT2D eigenvalue weighted by atomic mass is 10.1. The molecule has 5 nitrogen and oxygen atoms in total. The molecule has 0 aliphatic carbocycles. The van der Waals surface area contributed by atoms with Gasteiger partial charge in [-0.3, -0.25) is 0 Å². The number of thioether (sulfide) groups is 1. The molecule has 0 saturated heterocycles. The Morgan fingerprint density at radius 1 is 1.07 bits per heavy atom. The molecule has 2 heterocycles. The Morgan fingerprint density at radius 3 is 2.79 bits per heavy atom. The van der Waals surface area contributed by atoms with Gasteiger partial charge in [0.25, 0.3) is 5.22 Å². The van der Waals surface area contributed by atoms with E-state index < -0.39 is 0 Å². The summed E-state index contributed by atoms with van der Waals surface area (Å²) in [5.74, 6) is 1.40. The van der Waals surface area contributed by atoms with Crippen molar-refractivity contribution in [3.05, 3.63) is 82.2 Å². The van der Waals surface area contributed by atoms with Crippen LogP contribution in [0.15, 0.2) is 63.6 Å². The second-order valence-electron chi connectivity index (χ2n) is 6.49. The summed E-state index contributed by atoms with van der Waals surface area (Å²) in [6.07, 6.45) is 0.532. The van der Waals surface area contributed by atoms with Crippen molar-refractivity contribution in [3.8, 4) is 0 Å². The molecule has 0 unspecified atom stereocenters. The van der Waals surface area contributed by atoms with Crippen molar-refractivity contribution < 1.29 is 4.42 Å². The van der Waals surface area contributed by atoms with E-state index in [1.807, 2.05) is 35.7 Å². The van der Waals surface area contributed by atoms with Crippen LogP contribution in [0.5, 0.6) is 0 Å². The molecule has 28 heavy (non-hydrogen) atoms. The van der Waals surface area contributed by atoms with Gasteiger partial charge in [0, 0.05) is 16.8 Å². The van der Waals surface area contributed by atoms with E-state index in [0.29, 0.717) is 17.5 Å². The molecule has 0 spiro atoms. The second kappa shape index (κ2) is 8.58. The predicted octanol–water partition coefficient (Wildman–Crippen LogP) is 5.77. The van der Waals surface area contributed by atoms with E-state index >= 15 is 0 Å². The maximum atomic E-state index is 5.79. The summed E-state index contributed by atoms with van der Waals surface area (Å²) in [6, 6.07) is 16.5. The number of benzene rings is 2. The second-order valence-corrected chi connectivity index (χ2v) is 8.28. The van der Waals surface area contributed by atoms with Crippen molar-refractivity contribution in [2.24, 2.45) is 0 Å². The zero-order valence-electron chi connectivity index (χ0n) is 15.7. The van der Waals surface area contributed by atoms with Gasteiger partial charge in [-0.1, -0.05) is 53.7 Å². The van der Waals surface area contributed by atoms with Gasteiger partial charge in [0.2, 0.25) is 5.89 Å². The summed E-state index contributed by atoms with van der Waals surface area (Å²) < 4.78 is 5.79. The highest BCUT2D eigenvalue weighted by Crippen LogP contribution is 2.26. The lowest BCUT2D eigenvalue weighted by Gasteiger charge is -2.04. The van der Waals surface area contributed by atoms with Gasteiger partial charge in [-0.2, -0.15) is 0 Å². The van der Waals surface area contributed by atoms with E-state index in [4.69, 9.17) is 4.42 Å². The van der Waals surface area contributed by atoms with E-state index in [9.17, 15) is 0 Å². The highest BCUT2D eigenvalue weighted by Gasteiger charge is 2.11. The van der Waals surface area contributed by atoms with Crippen molar-refractivity contribution in [1.29, 1.82) is 0 Å². The molecule has 0 bridgehead atoms. The molecule has 7 heteroatoms. The molecular formula is C21H20N4OS2. The topological polar surface area (TPSA) is 63.8 Å². The largest absolute Gasteiger partial charge is 0.416 e. The maximum absolute atomic E-state index is 5.79. The minimum Gasteiger partial charge on any atom is -0.416 e. The molecule has 0 atom stereocenters. The third-order valence-electron chi connectivity index (χ3n) is 4.21. The monoisotopic (exact) mass is 408 g/mol. The molecule has 1 N–H and O–H groups in total. The Morgan fingerprint density at radius 2 is 1.93 bits per heavy atom. The Bertz CT molecular complexity index is 1060. The van der Waals surface area contributed by atoms with E-state index in [2.05, 4.69) is 52.5 Å². The summed E-state index contributed by atoms with van der Waals surface area (Å²) in [7, 11) is 0. The van der Waals surface area contributed by atoms with Crippen molar-refractivity contribution >= 4 is 33.9 Å². The number of thiazole rings is 1. The van der Waals surface area contributed by atoms with Crippen LogP contribution in [0.3, 0.4) is 0 Å². The Balaban J connectivity index is 1.35. The fraction of sp³-hybridized carbons (Fsp3) is 0.190. The number of hydrogen-bond acceptors (Lipinski definition) is 7. The summed E-state index contributed by atoms with van der Waals surface area (Å²) in [4.78, 5) is 4.60.